The maximum Gasteiger partial charge on any atom is 0.251 e. The predicted octanol–water partition coefficient (Wildman–Crippen LogP) is 2.46. The van der Waals surface area contributed by atoms with Crippen molar-refractivity contribution in [1.82, 2.24) is 10.3 Å². The summed E-state index contributed by atoms with van der Waals surface area (Å²) in [5.41, 5.74) is 3.08. The summed E-state index contributed by atoms with van der Waals surface area (Å²) in [5, 5.41) is 3.36. The van der Waals surface area contributed by atoms with E-state index in [0.29, 0.717) is 12.5 Å². The third-order valence-electron chi connectivity index (χ3n) is 3.09. The number of nitrogens with one attached hydrogen (secondary N) is 2. The number of rotatable bonds is 5. The molecule has 1 heterocycles. The van der Waals surface area contributed by atoms with Crippen LogP contribution in [0.2, 0.25) is 0 Å². The van der Waals surface area contributed by atoms with Crippen LogP contribution in [0.15, 0.2) is 47.4 Å². The molecule has 2 rings (SSSR count). The van der Waals surface area contributed by atoms with Gasteiger partial charge in [0, 0.05) is 30.8 Å². The Bertz CT molecular complexity index is 573. The van der Waals surface area contributed by atoms with Gasteiger partial charge >= 0.3 is 0 Å². The lowest BCUT2D eigenvalue weighted by molar-refractivity contribution is 0.586. The zero-order chi connectivity index (χ0) is 13.7. The minimum Gasteiger partial charge on any atom is -0.329 e. The third kappa shape index (κ3) is 3.80. The Morgan fingerprint density at radius 2 is 1.89 bits per heavy atom. The first kappa shape index (κ1) is 13.6. The molecule has 0 atom stereocenters. The molecule has 0 unspecified atom stereocenters. The molecule has 2 N–H and O–H groups in total. The van der Waals surface area contributed by atoms with Crippen molar-refractivity contribution >= 4 is 0 Å². The van der Waals surface area contributed by atoms with Crippen molar-refractivity contribution in [3.05, 3.63) is 69.6 Å². The number of hydrogen-bond donors (Lipinski definition) is 2. The maximum absolute atomic E-state index is 12.0. The highest BCUT2D eigenvalue weighted by Gasteiger charge is 2.08. The van der Waals surface area contributed by atoms with Crippen molar-refractivity contribution in [2.45, 2.75) is 32.9 Å². The van der Waals surface area contributed by atoms with Crippen LogP contribution in [0.3, 0.4) is 0 Å². The van der Waals surface area contributed by atoms with Gasteiger partial charge in [-0.15, -0.1) is 0 Å². The molecule has 19 heavy (non-hydrogen) atoms. The lowest BCUT2D eigenvalue weighted by Gasteiger charge is -2.12. The Morgan fingerprint density at radius 1 is 1.16 bits per heavy atom. The van der Waals surface area contributed by atoms with E-state index in [-0.39, 0.29) is 5.56 Å². The summed E-state index contributed by atoms with van der Waals surface area (Å²) in [4.78, 5) is 14.8. The molecule has 0 aliphatic heterocycles. The maximum atomic E-state index is 12.0. The molecule has 0 bridgehead atoms. The number of aromatic amines is 1. The van der Waals surface area contributed by atoms with Crippen LogP contribution in [0.1, 0.15) is 30.5 Å². The molecule has 0 spiro atoms. The molecule has 0 amide bonds. The van der Waals surface area contributed by atoms with Crippen molar-refractivity contribution in [3.8, 4) is 0 Å². The monoisotopic (exact) mass is 256 g/mol. The molecule has 2 aromatic rings. The van der Waals surface area contributed by atoms with E-state index >= 15 is 0 Å². The predicted molar refractivity (Wildman–Crippen MR) is 78.3 cm³/mol. The lowest BCUT2D eigenvalue weighted by Crippen LogP contribution is -2.25. The van der Waals surface area contributed by atoms with E-state index in [9.17, 15) is 4.79 Å². The SMILES string of the molecule is CC(C)NCc1cc[nH]c(=O)c1Cc1ccccc1. The molecule has 100 valence electrons. The van der Waals surface area contributed by atoms with Crippen LogP contribution < -0.4 is 10.9 Å². The molecule has 0 aliphatic carbocycles. The number of H-pyrrole nitrogens is 1. The van der Waals surface area contributed by atoms with Gasteiger partial charge in [0.15, 0.2) is 0 Å². The summed E-state index contributed by atoms with van der Waals surface area (Å²) in [6.45, 7) is 4.93. The van der Waals surface area contributed by atoms with Gasteiger partial charge in [0.2, 0.25) is 0 Å². The first-order valence-electron chi connectivity index (χ1n) is 6.63. The van der Waals surface area contributed by atoms with Gasteiger partial charge in [-0.25, -0.2) is 0 Å². The Morgan fingerprint density at radius 3 is 2.58 bits per heavy atom. The molecule has 3 heteroatoms. The largest absolute Gasteiger partial charge is 0.329 e. The fourth-order valence-electron chi connectivity index (χ4n) is 2.02. The van der Waals surface area contributed by atoms with Crippen LogP contribution in [-0.2, 0) is 13.0 Å². The highest BCUT2D eigenvalue weighted by atomic mass is 16.1. The highest BCUT2D eigenvalue weighted by Crippen LogP contribution is 2.10. The Balaban J connectivity index is 2.25. The fraction of sp³-hybridized carbons (Fsp3) is 0.312. The normalized spacial score (nSPS) is 10.9. The number of pyridine rings is 1. The van der Waals surface area contributed by atoms with Crippen LogP contribution in [-0.4, -0.2) is 11.0 Å². The second-order valence-electron chi connectivity index (χ2n) is 5.01. The smallest absolute Gasteiger partial charge is 0.251 e. The quantitative estimate of drug-likeness (QED) is 0.863. The number of aromatic nitrogens is 1. The topological polar surface area (TPSA) is 44.9 Å². The minimum atomic E-state index is 0.00640. The van der Waals surface area contributed by atoms with Crippen molar-refractivity contribution in [2.75, 3.05) is 0 Å². The molecule has 0 aliphatic rings. The zero-order valence-electron chi connectivity index (χ0n) is 11.4. The second kappa shape index (κ2) is 6.34. The minimum absolute atomic E-state index is 0.00640. The average molecular weight is 256 g/mol. The molecule has 1 aromatic heterocycles. The third-order valence-corrected chi connectivity index (χ3v) is 3.09. The van der Waals surface area contributed by atoms with Gasteiger partial charge < -0.3 is 10.3 Å². The van der Waals surface area contributed by atoms with Crippen LogP contribution in [0.5, 0.6) is 0 Å². The van der Waals surface area contributed by atoms with Gasteiger partial charge in [-0.2, -0.15) is 0 Å². The van der Waals surface area contributed by atoms with Crippen LogP contribution in [0.4, 0.5) is 0 Å². The summed E-state index contributed by atoms with van der Waals surface area (Å²) >= 11 is 0. The van der Waals surface area contributed by atoms with Crippen LogP contribution >= 0.6 is 0 Å². The molecule has 0 radical (unpaired) electrons. The lowest BCUT2D eigenvalue weighted by atomic mass is 10.0. The van der Waals surface area contributed by atoms with Gasteiger partial charge in [-0.3, -0.25) is 4.79 Å². The number of hydrogen-bond acceptors (Lipinski definition) is 2. The van der Waals surface area contributed by atoms with Crippen LogP contribution in [0.25, 0.3) is 0 Å². The van der Waals surface area contributed by atoms with Gasteiger partial charge in [-0.1, -0.05) is 44.2 Å². The average Bonchev–Trinajstić information content (AvgIpc) is 2.40. The van der Waals surface area contributed by atoms with E-state index in [1.165, 1.54) is 0 Å². The van der Waals surface area contributed by atoms with E-state index in [0.717, 1.165) is 23.2 Å². The summed E-state index contributed by atoms with van der Waals surface area (Å²) in [6, 6.07) is 12.5. The second-order valence-corrected chi connectivity index (χ2v) is 5.01. The Labute approximate surface area is 113 Å². The molecule has 1 aromatic carbocycles. The van der Waals surface area contributed by atoms with Crippen molar-refractivity contribution < 1.29 is 0 Å². The number of benzene rings is 1. The first-order valence-corrected chi connectivity index (χ1v) is 6.63. The summed E-state index contributed by atoms with van der Waals surface area (Å²) < 4.78 is 0. The molecular formula is C16H20N2O. The van der Waals surface area contributed by atoms with Gasteiger partial charge in [0.1, 0.15) is 0 Å². The van der Waals surface area contributed by atoms with Gasteiger partial charge in [0.25, 0.3) is 5.56 Å². The molecule has 0 saturated carbocycles. The Hall–Kier alpha value is -1.87. The molecule has 0 saturated heterocycles. The first-order chi connectivity index (χ1) is 9.16. The summed E-state index contributed by atoms with van der Waals surface area (Å²) in [7, 11) is 0. The van der Waals surface area contributed by atoms with Gasteiger partial charge in [-0.05, 0) is 17.2 Å². The zero-order valence-corrected chi connectivity index (χ0v) is 11.4. The van der Waals surface area contributed by atoms with E-state index in [1.54, 1.807) is 6.20 Å². The summed E-state index contributed by atoms with van der Waals surface area (Å²) in [6.07, 6.45) is 2.39. The van der Waals surface area contributed by atoms with Crippen LogP contribution in [0, 0.1) is 0 Å². The summed E-state index contributed by atoms with van der Waals surface area (Å²) in [5.74, 6) is 0. The van der Waals surface area contributed by atoms with E-state index < -0.39 is 0 Å². The van der Waals surface area contributed by atoms with Crippen molar-refractivity contribution in [3.63, 3.8) is 0 Å². The molecule has 3 nitrogen and oxygen atoms in total. The Kier molecular flexibility index (Phi) is 4.53. The van der Waals surface area contributed by atoms with Crippen molar-refractivity contribution in [2.24, 2.45) is 0 Å². The van der Waals surface area contributed by atoms with E-state index in [2.05, 4.69) is 24.1 Å². The van der Waals surface area contributed by atoms with Gasteiger partial charge in [0.05, 0.1) is 0 Å². The van der Waals surface area contributed by atoms with Crippen molar-refractivity contribution in [1.29, 1.82) is 0 Å². The molecule has 0 fully saturated rings. The fourth-order valence-corrected chi connectivity index (χ4v) is 2.02. The van der Waals surface area contributed by atoms with E-state index in [1.807, 2.05) is 36.4 Å². The molecular weight excluding hydrogens is 236 g/mol. The standard InChI is InChI=1S/C16H20N2O/c1-12(2)18-11-14-8-9-17-16(19)15(14)10-13-6-4-3-5-7-13/h3-9,12,18H,10-11H2,1-2H3,(H,17,19). The van der Waals surface area contributed by atoms with E-state index in [4.69, 9.17) is 0 Å². The highest BCUT2D eigenvalue weighted by molar-refractivity contribution is 5.30.